The van der Waals surface area contributed by atoms with Crippen molar-refractivity contribution in [3.05, 3.63) is 264 Å². The van der Waals surface area contributed by atoms with E-state index >= 15 is 0 Å². The molecule has 5 nitrogen and oxygen atoms in total. The van der Waals surface area contributed by atoms with Crippen molar-refractivity contribution in [2.75, 3.05) is 0 Å². The van der Waals surface area contributed by atoms with E-state index in [1.807, 2.05) is 36.4 Å². The van der Waals surface area contributed by atoms with Crippen LogP contribution in [0.2, 0.25) is 0 Å². The predicted octanol–water partition coefficient (Wildman–Crippen LogP) is 16.4. The maximum absolute atomic E-state index is 6.77. The Kier molecular flexibility index (Phi) is 8.56. The zero-order chi connectivity index (χ0) is 47.7. The summed E-state index contributed by atoms with van der Waals surface area (Å²) >= 11 is 0. The fourth-order valence-electron chi connectivity index (χ4n) is 12.5. The number of ether oxygens (including phenoxy) is 1. The quantitative estimate of drug-likeness (QED) is 0.173. The van der Waals surface area contributed by atoms with Gasteiger partial charge in [0.1, 0.15) is 11.5 Å². The lowest BCUT2D eigenvalue weighted by Crippen LogP contribution is -2.32. The van der Waals surface area contributed by atoms with Crippen molar-refractivity contribution in [1.29, 1.82) is 0 Å². The Labute approximate surface area is 417 Å². The van der Waals surface area contributed by atoms with Crippen LogP contribution in [0.25, 0.3) is 95.0 Å². The molecule has 338 valence electrons. The molecule has 72 heavy (non-hydrogen) atoms. The number of para-hydroxylation sites is 3. The average molecular weight is 921 g/mol. The smallest absolute Gasteiger partial charge is 0.164 e. The maximum Gasteiger partial charge on any atom is 0.164 e. The summed E-state index contributed by atoms with van der Waals surface area (Å²) < 4.78 is 9.21. The van der Waals surface area contributed by atoms with Gasteiger partial charge in [0.05, 0.1) is 16.4 Å². The fourth-order valence-corrected chi connectivity index (χ4v) is 12.5. The summed E-state index contributed by atoms with van der Waals surface area (Å²) in [6.07, 6.45) is 0. The first-order chi connectivity index (χ1) is 35.4. The first-order valence-corrected chi connectivity index (χ1v) is 24.8. The van der Waals surface area contributed by atoms with Crippen LogP contribution in [0.15, 0.2) is 231 Å². The molecule has 0 unspecified atom stereocenters. The van der Waals surface area contributed by atoms with E-state index in [1.54, 1.807) is 0 Å². The zero-order valence-electron chi connectivity index (χ0n) is 39.6. The number of hydrogen-bond acceptors (Lipinski definition) is 4. The third kappa shape index (κ3) is 5.67. The van der Waals surface area contributed by atoms with Gasteiger partial charge in [-0.05, 0) is 110 Å². The highest BCUT2D eigenvalue weighted by Crippen LogP contribution is 2.64. The van der Waals surface area contributed by atoms with Crippen molar-refractivity contribution in [3.8, 4) is 84.7 Å². The SMILES string of the molecule is CC1(C)c2ccccc2-c2cc3c4cc(-c5ccc6c(c5)-c5c(-c7nc(-c8ccccc8)nc(-c8ccccc8)n7)cccc5C65c6ccccc6Oc6ccccc65)ccc4n(-c4ccccc4)c3cc21. The molecule has 5 heteroatoms. The van der Waals surface area contributed by atoms with Gasteiger partial charge in [0, 0.05) is 49.7 Å². The van der Waals surface area contributed by atoms with E-state index in [4.69, 9.17) is 19.7 Å². The van der Waals surface area contributed by atoms with Gasteiger partial charge in [0.15, 0.2) is 17.5 Å². The van der Waals surface area contributed by atoms with Crippen molar-refractivity contribution >= 4 is 21.8 Å². The Morgan fingerprint density at radius 1 is 0.347 bits per heavy atom. The number of benzene rings is 10. The summed E-state index contributed by atoms with van der Waals surface area (Å²) in [5.74, 6) is 3.57. The topological polar surface area (TPSA) is 52.8 Å². The minimum absolute atomic E-state index is 0.126. The van der Waals surface area contributed by atoms with Gasteiger partial charge < -0.3 is 9.30 Å². The molecule has 0 atom stereocenters. The van der Waals surface area contributed by atoms with Gasteiger partial charge in [-0.1, -0.05) is 190 Å². The minimum atomic E-state index is -0.695. The van der Waals surface area contributed by atoms with Crippen molar-refractivity contribution in [2.24, 2.45) is 0 Å². The molecule has 0 saturated heterocycles. The van der Waals surface area contributed by atoms with E-state index in [9.17, 15) is 0 Å². The van der Waals surface area contributed by atoms with Crippen LogP contribution in [-0.4, -0.2) is 19.5 Å². The van der Waals surface area contributed by atoms with Crippen LogP contribution in [0.1, 0.15) is 47.2 Å². The summed E-state index contributed by atoms with van der Waals surface area (Å²) in [5, 5.41) is 2.46. The van der Waals surface area contributed by atoms with Gasteiger partial charge in [-0.15, -0.1) is 0 Å². The van der Waals surface area contributed by atoms with E-state index in [0.717, 1.165) is 72.8 Å². The Morgan fingerprint density at radius 2 is 0.889 bits per heavy atom. The lowest BCUT2D eigenvalue weighted by atomic mass is 9.66. The Balaban J connectivity index is 0.998. The van der Waals surface area contributed by atoms with Gasteiger partial charge in [0.2, 0.25) is 0 Å². The Hall–Kier alpha value is -9.19. The van der Waals surface area contributed by atoms with E-state index in [-0.39, 0.29) is 5.41 Å². The highest BCUT2D eigenvalue weighted by molar-refractivity contribution is 6.13. The molecule has 3 heterocycles. The average Bonchev–Trinajstić information content (AvgIpc) is 4.01. The lowest BCUT2D eigenvalue weighted by molar-refractivity contribution is 0.436. The molecule has 0 amide bonds. The van der Waals surface area contributed by atoms with Crippen molar-refractivity contribution in [1.82, 2.24) is 19.5 Å². The largest absolute Gasteiger partial charge is 0.457 e. The normalized spacial score (nSPS) is 14.0. The van der Waals surface area contributed by atoms with E-state index in [2.05, 4.69) is 213 Å². The van der Waals surface area contributed by atoms with Gasteiger partial charge in [0.25, 0.3) is 0 Å². The third-order valence-corrected chi connectivity index (χ3v) is 15.7. The second kappa shape index (κ2) is 15.2. The van der Waals surface area contributed by atoms with Gasteiger partial charge in [-0.25, -0.2) is 15.0 Å². The van der Waals surface area contributed by atoms with Gasteiger partial charge >= 0.3 is 0 Å². The number of fused-ring (bicyclic) bond motifs is 15. The fraction of sp³-hybridized carbons (Fsp3) is 0.0597. The number of aromatic nitrogens is 4. The molecule has 0 saturated carbocycles. The Morgan fingerprint density at radius 3 is 1.58 bits per heavy atom. The van der Waals surface area contributed by atoms with Crippen molar-refractivity contribution in [2.45, 2.75) is 24.7 Å². The van der Waals surface area contributed by atoms with Crippen LogP contribution < -0.4 is 4.74 Å². The molecule has 0 N–H and O–H groups in total. The molecule has 0 radical (unpaired) electrons. The summed E-state index contributed by atoms with van der Waals surface area (Å²) in [6, 6.07) is 83.0. The molecule has 1 spiro atoms. The summed E-state index contributed by atoms with van der Waals surface area (Å²) in [6.45, 7) is 4.73. The second-order valence-electron chi connectivity index (χ2n) is 19.9. The molecule has 2 aliphatic carbocycles. The van der Waals surface area contributed by atoms with E-state index < -0.39 is 5.41 Å². The Bertz CT molecular complexity index is 4110. The molecular formula is C67H44N4O. The minimum Gasteiger partial charge on any atom is -0.457 e. The van der Waals surface area contributed by atoms with Crippen molar-refractivity contribution in [3.63, 3.8) is 0 Å². The van der Waals surface area contributed by atoms with Gasteiger partial charge in [-0.3, -0.25) is 0 Å². The molecule has 2 aromatic heterocycles. The molecule has 0 fully saturated rings. The molecule has 10 aromatic carbocycles. The summed E-state index contributed by atoms with van der Waals surface area (Å²) in [5.41, 5.74) is 19.9. The lowest BCUT2D eigenvalue weighted by Gasteiger charge is -2.39. The van der Waals surface area contributed by atoms with E-state index in [0.29, 0.717) is 17.5 Å². The number of nitrogens with zero attached hydrogens (tertiary/aromatic N) is 4. The van der Waals surface area contributed by atoms with Crippen LogP contribution in [0.5, 0.6) is 11.5 Å². The zero-order valence-corrected chi connectivity index (χ0v) is 39.6. The molecule has 12 aromatic rings. The maximum atomic E-state index is 6.77. The highest BCUT2D eigenvalue weighted by atomic mass is 16.5. The number of rotatable bonds is 5. The predicted molar refractivity (Wildman–Crippen MR) is 291 cm³/mol. The van der Waals surface area contributed by atoms with Crippen LogP contribution in [-0.2, 0) is 10.8 Å². The van der Waals surface area contributed by atoms with Crippen molar-refractivity contribution < 1.29 is 4.74 Å². The molecule has 15 rings (SSSR count). The molecule has 3 aliphatic rings. The van der Waals surface area contributed by atoms with Crippen LogP contribution in [0.3, 0.4) is 0 Å². The summed E-state index contributed by atoms with van der Waals surface area (Å²) in [4.78, 5) is 15.8. The summed E-state index contributed by atoms with van der Waals surface area (Å²) in [7, 11) is 0. The van der Waals surface area contributed by atoms with Crippen LogP contribution >= 0.6 is 0 Å². The molecule has 0 bridgehead atoms. The first-order valence-electron chi connectivity index (χ1n) is 24.8. The number of hydrogen-bond donors (Lipinski definition) is 0. The van der Waals surface area contributed by atoms with Gasteiger partial charge in [-0.2, -0.15) is 0 Å². The molecule has 1 aliphatic heterocycles. The standard InChI is InChI=1S/C67H44N4O/c1-66(2)52-27-13-12-25-46(52)48-39-50-49-37-44(34-36-58(49)71(59(50)40-57(48)66)45-23-10-5-11-24-45)43-33-35-53-51(38-43)62-47(65-69-63(41-19-6-3-7-20-41)68-64(70-65)42-21-8-4-9-22-42)26-18-30-56(62)67(53)54-28-14-16-31-60(54)72-61-32-17-15-29-55(61)67/h3-40H,1-2H3. The first kappa shape index (κ1) is 40.7. The van der Waals surface area contributed by atoms with Crippen LogP contribution in [0.4, 0.5) is 0 Å². The molecular weight excluding hydrogens is 877 g/mol. The monoisotopic (exact) mass is 920 g/mol. The highest BCUT2D eigenvalue weighted by Gasteiger charge is 2.52. The van der Waals surface area contributed by atoms with Crippen LogP contribution in [0, 0.1) is 0 Å². The third-order valence-electron chi connectivity index (χ3n) is 15.7. The second-order valence-corrected chi connectivity index (χ2v) is 19.9. The van der Waals surface area contributed by atoms with E-state index in [1.165, 1.54) is 49.6 Å².